The van der Waals surface area contributed by atoms with Gasteiger partial charge in [0, 0.05) is 47.3 Å². The van der Waals surface area contributed by atoms with Gasteiger partial charge in [-0.15, -0.1) is 0 Å². The second-order valence-corrected chi connectivity index (χ2v) is 10.9. The Bertz CT molecular complexity index is 1700. The molecule has 0 aliphatic heterocycles. The van der Waals surface area contributed by atoms with Crippen LogP contribution >= 0.6 is 0 Å². The summed E-state index contributed by atoms with van der Waals surface area (Å²) in [5.74, 6) is -4.15. The van der Waals surface area contributed by atoms with Crippen LogP contribution in [0.15, 0.2) is 54.7 Å². The number of hydrogen-bond donors (Lipinski definition) is 1. The summed E-state index contributed by atoms with van der Waals surface area (Å²) < 4.78 is 59.0. The first kappa shape index (κ1) is 26.9. The fraction of sp³-hybridized carbons (Fsp3) is 0.290. The molecule has 4 aromatic rings. The zero-order chi connectivity index (χ0) is 29.1. The average Bonchev–Trinajstić information content (AvgIpc) is 3.30. The lowest BCUT2D eigenvalue weighted by molar-refractivity contribution is -0.120. The van der Waals surface area contributed by atoms with E-state index in [4.69, 9.17) is 5.73 Å². The molecule has 6 rings (SSSR count). The molecule has 3 atom stereocenters. The van der Waals surface area contributed by atoms with Gasteiger partial charge >= 0.3 is 0 Å². The van der Waals surface area contributed by atoms with Gasteiger partial charge in [-0.25, -0.2) is 17.6 Å². The maximum absolute atomic E-state index is 15.1. The van der Waals surface area contributed by atoms with Crippen LogP contribution in [-0.4, -0.2) is 26.5 Å². The third kappa shape index (κ3) is 4.92. The highest BCUT2D eigenvalue weighted by molar-refractivity contribution is 5.94. The zero-order valence-corrected chi connectivity index (χ0v) is 22.1. The van der Waals surface area contributed by atoms with Crippen molar-refractivity contribution in [3.63, 3.8) is 0 Å². The maximum Gasteiger partial charge on any atom is 0.251 e. The first-order valence-electron chi connectivity index (χ1n) is 13.3. The highest BCUT2D eigenvalue weighted by Crippen LogP contribution is 2.63. The number of aromatic nitrogens is 3. The predicted molar refractivity (Wildman–Crippen MR) is 142 cm³/mol. The van der Waals surface area contributed by atoms with Gasteiger partial charge in [0.1, 0.15) is 23.1 Å². The van der Waals surface area contributed by atoms with Crippen LogP contribution in [0.5, 0.6) is 0 Å². The molecule has 1 amide bonds. The summed E-state index contributed by atoms with van der Waals surface area (Å²) in [6.45, 7) is 1.66. The minimum absolute atomic E-state index is 0.0656. The number of rotatable bonds is 9. The maximum atomic E-state index is 15.1. The van der Waals surface area contributed by atoms with Crippen LogP contribution < -0.4 is 5.73 Å². The number of carbonyl (C=O) groups is 2. The molecule has 0 bridgehead atoms. The molecule has 0 saturated heterocycles. The van der Waals surface area contributed by atoms with Gasteiger partial charge in [0.15, 0.2) is 5.78 Å². The zero-order valence-electron chi connectivity index (χ0n) is 22.1. The number of Topliss-reactive ketones (excluding diaryl/α,β-unsaturated/α-hetero) is 1. The predicted octanol–water partition coefficient (Wildman–Crippen LogP) is 5.50. The Hall–Kier alpha value is -4.34. The van der Waals surface area contributed by atoms with Crippen LogP contribution in [-0.2, 0) is 29.8 Å². The van der Waals surface area contributed by atoms with Gasteiger partial charge in [0.25, 0.3) is 5.91 Å². The van der Waals surface area contributed by atoms with Crippen molar-refractivity contribution in [2.24, 2.45) is 11.7 Å². The number of ketones is 1. The first-order chi connectivity index (χ1) is 19.5. The van der Waals surface area contributed by atoms with Gasteiger partial charge < -0.3 is 5.73 Å². The van der Waals surface area contributed by atoms with Gasteiger partial charge in [-0.1, -0.05) is 12.1 Å². The van der Waals surface area contributed by atoms with Gasteiger partial charge in [0.2, 0.25) is 0 Å². The van der Waals surface area contributed by atoms with Crippen LogP contribution in [0.3, 0.4) is 0 Å². The molecule has 6 nitrogen and oxygen atoms in total. The Balaban J connectivity index is 1.35. The minimum atomic E-state index is -1.34. The summed E-state index contributed by atoms with van der Waals surface area (Å²) >= 11 is 0. The van der Waals surface area contributed by atoms with Gasteiger partial charge in [-0.3, -0.25) is 19.3 Å². The van der Waals surface area contributed by atoms with Gasteiger partial charge in [-0.2, -0.15) is 5.10 Å². The molecule has 41 heavy (non-hydrogen) atoms. The Morgan fingerprint density at radius 3 is 2.61 bits per heavy atom. The van der Waals surface area contributed by atoms with Crippen LogP contribution in [0, 0.1) is 30.3 Å². The molecule has 2 unspecified atom stereocenters. The van der Waals surface area contributed by atoms with E-state index in [0.29, 0.717) is 46.5 Å². The highest BCUT2D eigenvalue weighted by Gasteiger charge is 2.64. The summed E-state index contributed by atoms with van der Waals surface area (Å²) in [6, 6.07) is 10.4. The van der Waals surface area contributed by atoms with E-state index in [1.54, 1.807) is 23.7 Å². The number of hydrogen-bond acceptors (Lipinski definition) is 4. The summed E-state index contributed by atoms with van der Waals surface area (Å²) in [7, 11) is 0. The molecule has 1 fully saturated rings. The molecule has 2 aliphatic rings. The van der Waals surface area contributed by atoms with Crippen molar-refractivity contribution in [1.82, 2.24) is 14.8 Å². The van der Waals surface area contributed by atoms with Crippen LogP contribution in [0.25, 0.3) is 11.1 Å². The third-order valence-corrected chi connectivity index (χ3v) is 8.09. The number of nitrogens with two attached hydrogens (primary N) is 1. The number of pyridine rings is 1. The number of benzene rings is 2. The molecule has 2 aromatic heterocycles. The number of nitrogens with zero attached hydrogens (tertiary/aromatic N) is 3. The van der Waals surface area contributed by atoms with E-state index in [-0.39, 0.29) is 36.7 Å². The number of aryl methyl sites for hydroxylation is 1. The standard InChI is InChI=1S/C31H26F4N4O2/c1-16-28-27(12-20-14-31(20,28)35)39(38-16)15-23(40)10-19(7-17-8-21(32)13-22(33)9-17)29-24(3-2-6-37-29)18-4-5-26(34)25(11-18)30(36)41/h2-6,8-9,11,13,19-20H,7,10,12,14-15H2,1H3,(H2,36,41)/t19-,20?,31?/m1/s1. The lowest BCUT2D eigenvalue weighted by Gasteiger charge is -2.20. The van der Waals surface area contributed by atoms with E-state index in [1.807, 2.05) is 0 Å². The second-order valence-electron chi connectivity index (χ2n) is 10.9. The Labute approximate surface area is 233 Å². The molecule has 2 aromatic carbocycles. The smallest absolute Gasteiger partial charge is 0.251 e. The van der Waals surface area contributed by atoms with Gasteiger partial charge in [-0.05, 0) is 67.6 Å². The van der Waals surface area contributed by atoms with Crippen molar-refractivity contribution in [2.45, 2.75) is 50.7 Å². The van der Waals surface area contributed by atoms with E-state index in [0.717, 1.165) is 17.8 Å². The molecular weight excluding hydrogens is 536 g/mol. The lowest BCUT2D eigenvalue weighted by atomic mass is 9.86. The summed E-state index contributed by atoms with van der Waals surface area (Å²) in [5.41, 5.74) is 7.32. The fourth-order valence-electron chi connectivity index (χ4n) is 6.24. The monoisotopic (exact) mass is 562 g/mol. The van der Waals surface area contributed by atoms with Crippen molar-refractivity contribution < 1.29 is 27.2 Å². The van der Waals surface area contributed by atoms with Crippen molar-refractivity contribution in [3.05, 3.63) is 106 Å². The molecular formula is C31H26F4N4O2. The number of halogens is 4. The number of alkyl halides is 1. The highest BCUT2D eigenvalue weighted by atomic mass is 19.1. The van der Waals surface area contributed by atoms with E-state index in [9.17, 15) is 22.8 Å². The lowest BCUT2D eigenvalue weighted by Crippen LogP contribution is -2.19. The quantitative estimate of drug-likeness (QED) is 0.273. The van der Waals surface area contributed by atoms with E-state index < -0.39 is 34.9 Å². The Kier molecular flexibility index (Phi) is 6.51. The fourth-order valence-corrected chi connectivity index (χ4v) is 6.24. The van der Waals surface area contributed by atoms with Crippen molar-refractivity contribution in [2.75, 3.05) is 0 Å². The minimum Gasteiger partial charge on any atom is -0.366 e. The van der Waals surface area contributed by atoms with E-state index in [1.165, 1.54) is 30.5 Å². The molecule has 0 spiro atoms. The summed E-state index contributed by atoms with van der Waals surface area (Å²) in [6.07, 6.45) is 2.54. The topological polar surface area (TPSA) is 90.9 Å². The SMILES string of the molecule is Cc1nn(CC(=O)C[C@@H](Cc2cc(F)cc(F)c2)c2ncccc2-c2ccc(F)c(C(N)=O)c2)c2c1C1(F)CC1C2. The average molecular weight is 563 g/mol. The Morgan fingerprint density at radius 1 is 1.12 bits per heavy atom. The summed E-state index contributed by atoms with van der Waals surface area (Å²) in [5, 5.41) is 4.44. The largest absolute Gasteiger partial charge is 0.366 e. The molecule has 0 radical (unpaired) electrons. The van der Waals surface area contributed by atoms with E-state index >= 15 is 4.39 Å². The van der Waals surface area contributed by atoms with Crippen LogP contribution in [0.2, 0.25) is 0 Å². The molecule has 2 N–H and O–H groups in total. The van der Waals surface area contributed by atoms with E-state index in [2.05, 4.69) is 10.1 Å². The first-order valence-corrected chi connectivity index (χ1v) is 13.3. The van der Waals surface area contributed by atoms with Crippen LogP contribution in [0.1, 0.15) is 57.3 Å². The molecule has 10 heteroatoms. The Morgan fingerprint density at radius 2 is 1.88 bits per heavy atom. The molecule has 1 saturated carbocycles. The molecule has 210 valence electrons. The van der Waals surface area contributed by atoms with Crippen LogP contribution in [0.4, 0.5) is 17.6 Å². The third-order valence-electron chi connectivity index (χ3n) is 8.09. The number of primary amides is 1. The van der Waals surface area contributed by atoms with Crippen molar-refractivity contribution >= 4 is 11.7 Å². The summed E-state index contributed by atoms with van der Waals surface area (Å²) in [4.78, 5) is 29.8. The number of fused-ring (bicyclic) bond motifs is 3. The molecule has 2 heterocycles. The van der Waals surface area contributed by atoms with Gasteiger partial charge in [0.05, 0.1) is 23.5 Å². The van der Waals surface area contributed by atoms with Crippen molar-refractivity contribution in [3.8, 4) is 11.1 Å². The molecule has 2 aliphatic carbocycles. The normalized spacial score (nSPS) is 19.5. The number of amides is 1. The number of carbonyl (C=O) groups excluding carboxylic acids is 2. The second kappa shape index (κ2) is 9.94. The van der Waals surface area contributed by atoms with Crippen molar-refractivity contribution in [1.29, 1.82) is 0 Å².